The average Bonchev–Trinajstić information content (AvgIpc) is 3.08. The van der Waals surface area contributed by atoms with Crippen molar-refractivity contribution in [1.29, 1.82) is 0 Å². The van der Waals surface area contributed by atoms with Crippen LogP contribution in [-0.4, -0.2) is 52.2 Å². The van der Waals surface area contributed by atoms with Crippen molar-refractivity contribution in [3.63, 3.8) is 0 Å². The van der Waals surface area contributed by atoms with Crippen molar-refractivity contribution in [3.8, 4) is 0 Å². The summed E-state index contributed by atoms with van der Waals surface area (Å²) in [5.74, 6) is -0.152. The van der Waals surface area contributed by atoms with E-state index in [2.05, 4.69) is 39.0 Å². The maximum Gasteiger partial charge on any atom is 0.127 e. The van der Waals surface area contributed by atoms with E-state index < -0.39 is 0 Å². The summed E-state index contributed by atoms with van der Waals surface area (Å²) in [5.41, 5.74) is 3.10. The van der Waals surface area contributed by atoms with E-state index in [-0.39, 0.29) is 18.5 Å². The Balaban J connectivity index is 1.43. The molecule has 142 valence electrons. The molecule has 5 heteroatoms. The summed E-state index contributed by atoms with van der Waals surface area (Å²) in [6, 6.07) is 17.7. The highest BCUT2D eigenvalue weighted by atomic mass is 19.1. The fraction of sp³-hybridized carbons (Fsp3) is 0.364. The molecule has 2 heterocycles. The number of piperazine rings is 1. The lowest BCUT2D eigenvalue weighted by atomic mass is 10.1. The Kier molecular flexibility index (Phi) is 5.53. The van der Waals surface area contributed by atoms with Crippen LogP contribution in [0.4, 0.5) is 4.39 Å². The van der Waals surface area contributed by atoms with Crippen LogP contribution < -0.4 is 0 Å². The number of nitrogens with zero attached hydrogens (tertiary/aromatic N) is 2. The van der Waals surface area contributed by atoms with Gasteiger partial charge in [-0.2, -0.15) is 0 Å². The zero-order valence-electron chi connectivity index (χ0n) is 15.4. The number of aliphatic hydroxyl groups excluding tert-OH is 1. The van der Waals surface area contributed by atoms with Crippen molar-refractivity contribution in [1.82, 2.24) is 14.8 Å². The van der Waals surface area contributed by atoms with Crippen molar-refractivity contribution in [2.24, 2.45) is 0 Å². The SMILES string of the molecule is OCC[C@H]1CN(Cc2cc3ccccc3[nH]2)CCN1Cc1ccccc1F. The number of aliphatic hydroxyl groups is 1. The fourth-order valence-electron chi connectivity index (χ4n) is 4.04. The molecule has 1 aliphatic rings. The number of benzene rings is 2. The molecule has 2 N–H and O–H groups in total. The van der Waals surface area contributed by atoms with Crippen LogP contribution >= 0.6 is 0 Å². The zero-order chi connectivity index (χ0) is 18.6. The third-order valence-electron chi connectivity index (χ3n) is 5.46. The Morgan fingerprint density at radius 2 is 1.85 bits per heavy atom. The predicted molar refractivity (Wildman–Crippen MR) is 106 cm³/mol. The highest BCUT2D eigenvalue weighted by Gasteiger charge is 2.27. The van der Waals surface area contributed by atoms with Gasteiger partial charge < -0.3 is 10.1 Å². The molecule has 0 aliphatic carbocycles. The summed E-state index contributed by atoms with van der Waals surface area (Å²) in [6.45, 7) is 4.30. The van der Waals surface area contributed by atoms with Crippen molar-refractivity contribution in [2.45, 2.75) is 25.6 Å². The van der Waals surface area contributed by atoms with E-state index in [1.165, 1.54) is 17.1 Å². The Bertz CT molecular complexity index is 861. The number of H-pyrrole nitrogens is 1. The molecule has 0 amide bonds. The van der Waals surface area contributed by atoms with Crippen LogP contribution in [0.25, 0.3) is 10.9 Å². The van der Waals surface area contributed by atoms with Crippen LogP contribution in [0.2, 0.25) is 0 Å². The van der Waals surface area contributed by atoms with Gasteiger partial charge in [0.2, 0.25) is 0 Å². The van der Waals surface area contributed by atoms with E-state index in [4.69, 9.17) is 0 Å². The molecule has 0 bridgehead atoms. The molecule has 1 fully saturated rings. The molecule has 3 aromatic rings. The van der Waals surface area contributed by atoms with Crippen LogP contribution in [0.5, 0.6) is 0 Å². The van der Waals surface area contributed by atoms with Crippen molar-refractivity contribution >= 4 is 10.9 Å². The van der Waals surface area contributed by atoms with Crippen LogP contribution in [-0.2, 0) is 13.1 Å². The highest BCUT2D eigenvalue weighted by Crippen LogP contribution is 2.21. The summed E-state index contributed by atoms with van der Waals surface area (Å²) in [5, 5.41) is 10.7. The zero-order valence-corrected chi connectivity index (χ0v) is 15.4. The van der Waals surface area contributed by atoms with Crippen molar-refractivity contribution < 1.29 is 9.50 Å². The number of halogens is 1. The number of para-hydroxylation sites is 1. The molecule has 4 nitrogen and oxygen atoms in total. The van der Waals surface area contributed by atoms with Gasteiger partial charge in [-0.05, 0) is 30.0 Å². The van der Waals surface area contributed by atoms with E-state index >= 15 is 0 Å². The van der Waals surface area contributed by atoms with Gasteiger partial charge in [-0.3, -0.25) is 9.80 Å². The first-order valence-electron chi connectivity index (χ1n) is 9.60. The lowest BCUT2D eigenvalue weighted by Gasteiger charge is -2.41. The van der Waals surface area contributed by atoms with Gasteiger partial charge in [0, 0.05) is 62.1 Å². The molecule has 0 saturated carbocycles. The number of fused-ring (bicyclic) bond motifs is 1. The lowest BCUT2D eigenvalue weighted by Crippen LogP contribution is -2.52. The molecule has 0 radical (unpaired) electrons. The molecule has 4 rings (SSSR count). The minimum atomic E-state index is -0.152. The van der Waals surface area contributed by atoms with Gasteiger partial charge in [-0.1, -0.05) is 36.4 Å². The van der Waals surface area contributed by atoms with Crippen molar-refractivity contribution in [2.75, 3.05) is 26.2 Å². The molecular formula is C22H26FN3O. The number of nitrogens with one attached hydrogen (secondary N) is 1. The minimum absolute atomic E-state index is 0.151. The van der Waals surface area contributed by atoms with Crippen LogP contribution in [0.1, 0.15) is 17.7 Å². The third-order valence-corrected chi connectivity index (χ3v) is 5.46. The molecule has 0 unspecified atom stereocenters. The van der Waals surface area contributed by atoms with E-state index in [9.17, 15) is 9.50 Å². The normalized spacial score (nSPS) is 19.0. The number of aromatic nitrogens is 1. The molecule has 1 aliphatic heterocycles. The van der Waals surface area contributed by atoms with Crippen LogP contribution in [0.15, 0.2) is 54.6 Å². The van der Waals surface area contributed by atoms with E-state index in [1.54, 1.807) is 6.07 Å². The fourth-order valence-corrected chi connectivity index (χ4v) is 4.04. The Morgan fingerprint density at radius 1 is 1.04 bits per heavy atom. The van der Waals surface area contributed by atoms with Gasteiger partial charge in [0.05, 0.1) is 0 Å². The Morgan fingerprint density at radius 3 is 2.67 bits per heavy atom. The first-order chi connectivity index (χ1) is 13.2. The smallest absolute Gasteiger partial charge is 0.127 e. The highest BCUT2D eigenvalue weighted by molar-refractivity contribution is 5.80. The maximum atomic E-state index is 14.0. The minimum Gasteiger partial charge on any atom is -0.396 e. The van der Waals surface area contributed by atoms with Gasteiger partial charge in [-0.25, -0.2) is 4.39 Å². The van der Waals surface area contributed by atoms with Crippen LogP contribution in [0, 0.1) is 5.82 Å². The summed E-state index contributed by atoms with van der Waals surface area (Å²) in [7, 11) is 0. The van der Waals surface area contributed by atoms with Gasteiger partial charge in [0.1, 0.15) is 5.82 Å². The third kappa shape index (κ3) is 4.21. The van der Waals surface area contributed by atoms with Gasteiger partial charge in [0.15, 0.2) is 0 Å². The Hall–Kier alpha value is -2.21. The van der Waals surface area contributed by atoms with E-state index in [0.717, 1.165) is 37.3 Å². The second kappa shape index (κ2) is 8.21. The second-order valence-corrected chi connectivity index (χ2v) is 7.34. The number of rotatable bonds is 6. The number of hydrogen-bond acceptors (Lipinski definition) is 3. The number of aromatic amines is 1. The standard InChI is InChI=1S/C22H26FN3O/c23-21-7-3-1-6-18(21)14-26-11-10-25(16-20(26)9-12-27)15-19-13-17-5-2-4-8-22(17)24-19/h1-8,13,20,24,27H,9-12,14-16H2/t20-/m0/s1. The summed E-state index contributed by atoms with van der Waals surface area (Å²) < 4.78 is 14.0. The molecule has 0 spiro atoms. The van der Waals surface area contributed by atoms with Gasteiger partial charge in [-0.15, -0.1) is 0 Å². The summed E-state index contributed by atoms with van der Waals surface area (Å²) in [6.07, 6.45) is 0.706. The average molecular weight is 367 g/mol. The predicted octanol–water partition coefficient (Wildman–Crippen LogP) is 3.38. The van der Waals surface area contributed by atoms with E-state index in [0.29, 0.717) is 13.0 Å². The number of hydrogen-bond donors (Lipinski definition) is 2. The van der Waals surface area contributed by atoms with Crippen molar-refractivity contribution in [3.05, 3.63) is 71.7 Å². The molecule has 1 atom stereocenters. The lowest BCUT2D eigenvalue weighted by molar-refractivity contribution is 0.0488. The molecular weight excluding hydrogens is 341 g/mol. The molecule has 2 aromatic carbocycles. The first kappa shape index (κ1) is 18.2. The Labute approximate surface area is 159 Å². The largest absolute Gasteiger partial charge is 0.396 e. The summed E-state index contributed by atoms with van der Waals surface area (Å²) in [4.78, 5) is 8.22. The monoisotopic (exact) mass is 367 g/mol. The molecule has 1 aromatic heterocycles. The first-order valence-corrected chi connectivity index (χ1v) is 9.60. The summed E-state index contributed by atoms with van der Waals surface area (Å²) >= 11 is 0. The van der Waals surface area contributed by atoms with E-state index in [1.807, 2.05) is 18.2 Å². The second-order valence-electron chi connectivity index (χ2n) is 7.34. The maximum absolute atomic E-state index is 14.0. The quantitative estimate of drug-likeness (QED) is 0.702. The molecule has 27 heavy (non-hydrogen) atoms. The van der Waals surface area contributed by atoms with Crippen LogP contribution in [0.3, 0.4) is 0 Å². The molecule has 1 saturated heterocycles. The topological polar surface area (TPSA) is 42.5 Å². The van der Waals surface area contributed by atoms with Gasteiger partial charge >= 0.3 is 0 Å². The van der Waals surface area contributed by atoms with Gasteiger partial charge in [0.25, 0.3) is 0 Å².